The van der Waals surface area contributed by atoms with Crippen molar-refractivity contribution in [3.05, 3.63) is 77.2 Å². The number of hydrogen-bond donors (Lipinski definition) is 0. The standard InChI is InChI=1S/C17H10F3NO3/c18-11-3-1-10(2-4-11)17(22)23-9-13-8-16(24-21-13)14-6-5-12(19)7-15(14)20/h1-8H,9H2. The molecule has 0 radical (unpaired) electrons. The predicted molar refractivity (Wildman–Crippen MR) is 77.4 cm³/mol. The lowest BCUT2D eigenvalue weighted by Gasteiger charge is -2.02. The zero-order valence-electron chi connectivity index (χ0n) is 12.1. The number of hydrogen-bond acceptors (Lipinski definition) is 4. The lowest BCUT2D eigenvalue weighted by atomic mass is 10.1. The maximum absolute atomic E-state index is 13.7. The molecular weight excluding hydrogens is 323 g/mol. The second-order valence-electron chi connectivity index (χ2n) is 4.89. The molecule has 4 nitrogen and oxygen atoms in total. The summed E-state index contributed by atoms with van der Waals surface area (Å²) in [6.45, 7) is -0.206. The molecule has 0 N–H and O–H groups in total. The van der Waals surface area contributed by atoms with E-state index in [0.717, 1.165) is 24.3 Å². The number of esters is 1. The van der Waals surface area contributed by atoms with Crippen LogP contribution in [0.2, 0.25) is 0 Å². The molecule has 0 saturated heterocycles. The van der Waals surface area contributed by atoms with Crippen LogP contribution in [0.5, 0.6) is 0 Å². The Hall–Kier alpha value is -3.09. The number of carbonyl (C=O) groups excluding carboxylic acids is 1. The normalized spacial score (nSPS) is 10.6. The van der Waals surface area contributed by atoms with E-state index in [9.17, 15) is 18.0 Å². The molecule has 0 aliphatic heterocycles. The molecule has 0 aliphatic rings. The molecule has 3 aromatic rings. The Morgan fingerprint density at radius 3 is 2.42 bits per heavy atom. The van der Waals surface area contributed by atoms with Crippen LogP contribution in [0.3, 0.4) is 0 Å². The van der Waals surface area contributed by atoms with Crippen LogP contribution in [0.15, 0.2) is 53.1 Å². The Morgan fingerprint density at radius 2 is 1.71 bits per heavy atom. The first-order chi connectivity index (χ1) is 11.5. The molecule has 3 rings (SSSR count). The van der Waals surface area contributed by atoms with E-state index in [-0.39, 0.29) is 29.2 Å². The van der Waals surface area contributed by atoms with Crippen molar-refractivity contribution in [2.24, 2.45) is 0 Å². The minimum absolute atomic E-state index is 0.0417. The first-order valence-corrected chi connectivity index (χ1v) is 6.86. The van der Waals surface area contributed by atoms with Crippen LogP contribution >= 0.6 is 0 Å². The second kappa shape index (κ2) is 6.57. The molecule has 24 heavy (non-hydrogen) atoms. The van der Waals surface area contributed by atoms with Crippen LogP contribution in [0, 0.1) is 17.5 Å². The summed E-state index contributed by atoms with van der Waals surface area (Å²) in [6.07, 6.45) is 0. The molecule has 0 bridgehead atoms. The number of carbonyl (C=O) groups is 1. The van der Waals surface area contributed by atoms with E-state index in [2.05, 4.69) is 5.16 Å². The summed E-state index contributed by atoms with van der Waals surface area (Å²) >= 11 is 0. The lowest BCUT2D eigenvalue weighted by Crippen LogP contribution is -2.05. The fourth-order valence-corrected chi connectivity index (χ4v) is 2.00. The smallest absolute Gasteiger partial charge is 0.338 e. The van der Waals surface area contributed by atoms with Crippen molar-refractivity contribution in [3.63, 3.8) is 0 Å². The fourth-order valence-electron chi connectivity index (χ4n) is 2.00. The van der Waals surface area contributed by atoms with Gasteiger partial charge in [-0.1, -0.05) is 5.16 Å². The predicted octanol–water partition coefficient (Wildman–Crippen LogP) is 4.12. The zero-order valence-corrected chi connectivity index (χ0v) is 12.1. The average Bonchev–Trinajstić information content (AvgIpc) is 3.02. The summed E-state index contributed by atoms with van der Waals surface area (Å²) in [6, 6.07) is 9.29. The van der Waals surface area contributed by atoms with Gasteiger partial charge in [-0.25, -0.2) is 18.0 Å². The zero-order chi connectivity index (χ0) is 17.1. The third-order valence-corrected chi connectivity index (χ3v) is 3.19. The summed E-state index contributed by atoms with van der Waals surface area (Å²) in [5.41, 5.74) is 0.480. The maximum Gasteiger partial charge on any atom is 0.338 e. The van der Waals surface area contributed by atoms with Crippen LogP contribution in [0.1, 0.15) is 16.1 Å². The van der Waals surface area contributed by atoms with Gasteiger partial charge in [0, 0.05) is 12.1 Å². The summed E-state index contributed by atoms with van der Waals surface area (Å²) in [5, 5.41) is 3.66. The van der Waals surface area contributed by atoms with Crippen molar-refractivity contribution in [2.75, 3.05) is 0 Å². The van der Waals surface area contributed by atoms with Gasteiger partial charge in [-0.2, -0.15) is 0 Å². The highest BCUT2D eigenvalue weighted by molar-refractivity contribution is 5.89. The van der Waals surface area contributed by atoms with Crippen molar-refractivity contribution < 1.29 is 27.2 Å². The summed E-state index contributed by atoms with van der Waals surface area (Å²) in [7, 11) is 0. The van der Waals surface area contributed by atoms with Gasteiger partial charge in [0.15, 0.2) is 5.76 Å². The Labute approximate surface area is 134 Å². The topological polar surface area (TPSA) is 52.3 Å². The number of ether oxygens (including phenoxy) is 1. The second-order valence-corrected chi connectivity index (χ2v) is 4.89. The highest BCUT2D eigenvalue weighted by Gasteiger charge is 2.14. The maximum atomic E-state index is 13.7. The van der Waals surface area contributed by atoms with Gasteiger partial charge in [-0.05, 0) is 36.4 Å². The van der Waals surface area contributed by atoms with E-state index in [1.165, 1.54) is 24.3 Å². The molecule has 0 aliphatic carbocycles. The van der Waals surface area contributed by atoms with Crippen LogP contribution in [0.4, 0.5) is 13.2 Å². The highest BCUT2D eigenvalue weighted by Crippen LogP contribution is 2.24. The molecular formula is C17H10F3NO3. The van der Waals surface area contributed by atoms with E-state index < -0.39 is 23.4 Å². The van der Waals surface area contributed by atoms with Crippen LogP contribution in [-0.2, 0) is 11.3 Å². The van der Waals surface area contributed by atoms with E-state index in [0.29, 0.717) is 0 Å². The molecule has 2 aromatic carbocycles. The number of aromatic nitrogens is 1. The van der Waals surface area contributed by atoms with Crippen molar-refractivity contribution in [1.29, 1.82) is 0 Å². The summed E-state index contributed by atoms with van der Waals surface area (Å²) in [4.78, 5) is 11.8. The van der Waals surface area contributed by atoms with Crippen molar-refractivity contribution in [1.82, 2.24) is 5.16 Å². The van der Waals surface area contributed by atoms with E-state index in [4.69, 9.17) is 9.26 Å². The molecule has 0 saturated carbocycles. The van der Waals surface area contributed by atoms with E-state index in [1.807, 2.05) is 0 Å². The molecule has 1 heterocycles. The number of rotatable bonds is 4. The van der Waals surface area contributed by atoms with Crippen LogP contribution in [0.25, 0.3) is 11.3 Å². The third kappa shape index (κ3) is 3.45. The van der Waals surface area contributed by atoms with E-state index >= 15 is 0 Å². The monoisotopic (exact) mass is 333 g/mol. The Morgan fingerprint density at radius 1 is 1.00 bits per heavy atom. The van der Waals surface area contributed by atoms with Gasteiger partial charge in [0.25, 0.3) is 0 Å². The van der Waals surface area contributed by atoms with Gasteiger partial charge in [0.05, 0.1) is 11.1 Å². The van der Waals surface area contributed by atoms with Crippen LogP contribution < -0.4 is 0 Å². The largest absolute Gasteiger partial charge is 0.455 e. The van der Waals surface area contributed by atoms with Gasteiger partial charge in [-0.3, -0.25) is 0 Å². The molecule has 0 unspecified atom stereocenters. The quantitative estimate of drug-likeness (QED) is 0.674. The highest BCUT2D eigenvalue weighted by atomic mass is 19.1. The van der Waals surface area contributed by atoms with Crippen molar-refractivity contribution >= 4 is 5.97 Å². The SMILES string of the molecule is O=C(OCc1cc(-c2ccc(F)cc2F)on1)c1ccc(F)cc1. The van der Waals surface area contributed by atoms with Gasteiger partial charge < -0.3 is 9.26 Å². The average molecular weight is 333 g/mol. The molecule has 122 valence electrons. The minimum Gasteiger partial charge on any atom is -0.455 e. The number of halogens is 3. The van der Waals surface area contributed by atoms with E-state index in [1.54, 1.807) is 0 Å². The van der Waals surface area contributed by atoms with Gasteiger partial charge in [0.1, 0.15) is 29.8 Å². The number of nitrogens with zero attached hydrogens (tertiary/aromatic N) is 1. The molecule has 0 fully saturated rings. The minimum atomic E-state index is -0.791. The lowest BCUT2D eigenvalue weighted by molar-refractivity contribution is 0.0464. The molecule has 0 atom stereocenters. The van der Waals surface area contributed by atoms with Crippen LogP contribution in [-0.4, -0.2) is 11.1 Å². The van der Waals surface area contributed by atoms with Gasteiger partial charge in [-0.15, -0.1) is 0 Å². The summed E-state index contributed by atoms with van der Waals surface area (Å²) < 4.78 is 49.3. The van der Waals surface area contributed by atoms with Gasteiger partial charge in [0.2, 0.25) is 0 Å². The van der Waals surface area contributed by atoms with Gasteiger partial charge >= 0.3 is 5.97 Å². The molecule has 7 heteroatoms. The fraction of sp³-hybridized carbons (Fsp3) is 0.0588. The first kappa shape index (κ1) is 15.8. The number of benzene rings is 2. The molecule has 0 amide bonds. The molecule has 1 aromatic heterocycles. The van der Waals surface area contributed by atoms with Crippen molar-refractivity contribution in [3.8, 4) is 11.3 Å². The Kier molecular flexibility index (Phi) is 4.33. The Bertz CT molecular complexity index is 875. The first-order valence-electron chi connectivity index (χ1n) is 6.86. The van der Waals surface area contributed by atoms with Crippen molar-refractivity contribution in [2.45, 2.75) is 6.61 Å². The third-order valence-electron chi connectivity index (χ3n) is 3.19. The summed E-state index contributed by atoms with van der Waals surface area (Å²) in [5.74, 6) is -2.54. The molecule has 0 spiro atoms. The Balaban J connectivity index is 1.68.